The van der Waals surface area contributed by atoms with Gasteiger partial charge in [-0.25, -0.2) is 10.2 Å². The van der Waals surface area contributed by atoms with Gasteiger partial charge in [0.05, 0.1) is 6.10 Å². The first-order valence-electron chi connectivity index (χ1n) is 3.28. The van der Waals surface area contributed by atoms with Crippen molar-refractivity contribution < 1.29 is 19.1 Å². The van der Waals surface area contributed by atoms with E-state index in [2.05, 4.69) is 4.74 Å². The molecule has 0 amide bonds. The van der Waals surface area contributed by atoms with Gasteiger partial charge in [0.1, 0.15) is 6.61 Å². The minimum absolute atomic E-state index is 0.00565. The van der Waals surface area contributed by atoms with Crippen LogP contribution in [0.25, 0.3) is 0 Å². The number of ether oxygens (including phenoxy) is 2. The minimum Gasteiger partial charge on any atom is -0.463 e. The van der Waals surface area contributed by atoms with Crippen LogP contribution in [-0.4, -0.2) is 31.9 Å². The van der Waals surface area contributed by atoms with Crippen molar-refractivity contribution in [2.24, 2.45) is 0 Å². The highest BCUT2D eigenvalue weighted by Gasteiger charge is 1.99. The first-order valence-corrected chi connectivity index (χ1v) is 3.28. The maximum absolute atomic E-state index is 10.2. The molecule has 0 radical (unpaired) electrons. The van der Waals surface area contributed by atoms with Crippen LogP contribution in [0.1, 0.15) is 13.8 Å². The number of methoxy groups -OCH3 is 1. The van der Waals surface area contributed by atoms with Gasteiger partial charge in [0, 0.05) is 14.0 Å². The van der Waals surface area contributed by atoms with Gasteiger partial charge in [0.2, 0.25) is 6.08 Å². The van der Waals surface area contributed by atoms with E-state index >= 15 is 0 Å². The standard InChI is InChI=1S/C6H12O3.CHNO/c1-5(8-3)4-9-6(2)7;2-1-3/h5H,4H2,1-3H3;2H. The van der Waals surface area contributed by atoms with Gasteiger partial charge < -0.3 is 9.47 Å². The van der Waals surface area contributed by atoms with E-state index in [1.807, 2.05) is 6.92 Å². The van der Waals surface area contributed by atoms with E-state index < -0.39 is 0 Å². The summed E-state index contributed by atoms with van der Waals surface area (Å²) in [6.07, 6.45) is 0.744. The number of esters is 1. The molecule has 0 aliphatic carbocycles. The lowest BCUT2D eigenvalue weighted by Gasteiger charge is -2.07. The lowest BCUT2D eigenvalue weighted by molar-refractivity contribution is -0.144. The maximum Gasteiger partial charge on any atom is 0.302 e. The maximum atomic E-state index is 10.2. The summed E-state index contributed by atoms with van der Waals surface area (Å²) in [5.41, 5.74) is 0. The second kappa shape index (κ2) is 9.81. The van der Waals surface area contributed by atoms with E-state index in [9.17, 15) is 4.79 Å². The third kappa shape index (κ3) is 15.9. The largest absolute Gasteiger partial charge is 0.463 e. The first-order chi connectivity index (χ1) is 5.58. The summed E-state index contributed by atoms with van der Waals surface area (Å²) in [4.78, 5) is 18.5. The molecule has 0 aliphatic rings. The van der Waals surface area contributed by atoms with Gasteiger partial charge in [-0.2, -0.15) is 0 Å². The molecule has 0 aliphatic heterocycles. The minimum atomic E-state index is -0.265. The lowest BCUT2D eigenvalue weighted by Crippen LogP contribution is -2.15. The fraction of sp³-hybridized carbons (Fsp3) is 0.714. The predicted octanol–water partition coefficient (Wildman–Crippen LogP) is 0.485. The smallest absolute Gasteiger partial charge is 0.302 e. The van der Waals surface area contributed by atoms with Crippen LogP contribution in [0.2, 0.25) is 0 Å². The molecule has 5 nitrogen and oxygen atoms in total. The number of rotatable bonds is 3. The van der Waals surface area contributed by atoms with Gasteiger partial charge in [0.15, 0.2) is 0 Å². The highest BCUT2D eigenvalue weighted by atomic mass is 16.6. The van der Waals surface area contributed by atoms with Crippen LogP contribution in [0, 0.1) is 5.41 Å². The van der Waals surface area contributed by atoms with Crippen LogP contribution >= 0.6 is 0 Å². The number of isocyanates is 1. The molecule has 0 fully saturated rings. The molecular weight excluding hydrogens is 162 g/mol. The zero-order valence-corrected chi connectivity index (χ0v) is 7.42. The summed E-state index contributed by atoms with van der Waals surface area (Å²) in [6.45, 7) is 3.55. The highest BCUT2D eigenvalue weighted by Crippen LogP contribution is 1.88. The molecule has 0 aromatic heterocycles. The summed E-state index contributed by atoms with van der Waals surface area (Å²) in [6, 6.07) is 0. The second-order valence-electron chi connectivity index (χ2n) is 1.95. The quantitative estimate of drug-likeness (QED) is 0.384. The average molecular weight is 175 g/mol. The first kappa shape index (κ1) is 13.4. The van der Waals surface area contributed by atoms with Gasteiger partial charge in [-0.15, -0.1) is 0 Å². The molecule has 1 unspecified atom stereocenters. The fourth-order valence-corrected chi connectivity index (χ4v) is 0.303. The Balaban J connectivity index is 0. The molecule has 0 saturated heterocycles. The molecule has 5 heteroatoms. The van der Waals surface area contributed by atoms with Crippen LogP contribution in [0.5, 0.6) is 0 Å². The zero-order valence-electron chi connectivity index (χ0n) is 7.42. The summed E-state index contributed by atoms with van der Waals surface area (Å²) in [7, 11) is 1.58. The van der Waals surface area contributed by atoms with Crippen molar-refractivity contribution >= 4 is 12.0 Å². The Hall–Kier alpha value is -1.19. The summed E-state index contributed by atoms with van der Waals surface area (Å²) >= 11 is 0. The molecule has 1 atom stereocenters. The Bertz CT molecular complexity index is 151. The third-order valence-corrected chi connectivity index (χ3v) is 0.924. The zero-order chi connectivity index (χ0) is 9.98. The number of carbonyl (C=O) groups excluding carboxylic acids is 2. The average Bonchev–Trinajstić information content (AvgIpc) is 2.01. The summed E-state index contributed by atoms with van der Waals surface area (Å²) < 4.78 is 9.45. The molecule has 70 valence electrons. The molecule has 0 aromatic rings. The van der Waals surface area contributed by atoms with Crippen LogP contribution in [0.4, 0.5) is 0 Å². The molecular formula is C7H13NO4. The van der Waals surface area contributed by atoms with Gasteiger partial charge in [0.25, 0.3) is 0 Å². The van der Waals surface area contributed by atoms with Crippen molar-refractivity contribution in [2.45, 2.75) is 20.0 Å². The van der Waals surface area contributed by atoms with Crippen LogP contribution < -0.4 is 0 Å². The molecule has 0 spiro atoms. The lowest BCUT2D eigenvalue weighted by atomic mass is 10.4. The molecule has 1 N–H and O–H groups in total. The molecule has 0 heterocycles. The van der Waals surface area contributed by atoms with Crippen molar-refractivity contribution in [3.05, 3.63) is 0 Å². The van der Waals surface area contributed by atoms with E-state index in [1.165, 1.54) is 6.92 Å². The number of hydrogen-bond acceptors (Lipinski definition) is 5. The molecule has 0 rings (SSSR count). The van der Waals surface area contributed by atoms with E-state index in [0.717, 1.165) is 6.08 Å². The van der Waals surface area contributed by atoms with Crippen molar-refractivity contribution in [1.29, 1.82) is 5.41 Å². The van der Waals surface area contributed by atoms with E-state index in [-0.39, 0.29) is 12.1 Å². The summed E-state index contributed by atoms with van der Waals surface area (Å²) in [5.74, 6) is -0.265. The Kier molecular flexibility index (Phi) is 11.0. The molecule has 0 saturated carbocycles. The SMILES string of the molecule is COC(C)COC(C)=O.N=C=O. The third-order valence-electron chi connectivity index (χ3n) is 0.924. The molecule has 0 bridgehead atoms. The van der Waals surface area contributed by atoms with E-state index in [1.54, 1.807) is 7.11 Å². The Morgan fingerprint density at radius 2 is 2.08 bits per heavy atom. The van der Waals surface area contributed by atoms with Crippen LogP contribution in [0.15, 0.2) is 0 Å². The van der Waals surface area contributed by atoms with Gasteiger partial charge >= 0.3 is 5.97 Å². The normalized spacial score (nSPS) is 10.2. The second-order valence-corrected chi connectivity index (χ2v) is 1.95. The van der Waals surface area contributed by atoms with Crippen LogP contribution in [-0.2, 0) is 19.1 Å². The number of carbonyl (C=O) groups is 1. The van der Waals surface area contributed by atoms with E-state index in [4.69, 9.17) is 14.9 Å². The van der Waals surface area contributed by atoms with Crippen LogP contribution in [0.3, 0.4) is 0 Å². The fourth-order valence-electron chi connectivity index (χ4n) is 0.303. The van der Waals surface area contributed by atoms with E-state index in [0.29, 0.717) is 6.61 Å². The van der Waals surface area contributed by atoms with Crippen molar-refractivity contribution in [3.63, 3.8) is 0 Å². The summed E-state index contributed by atoms with van der Waals surface area (Å²) in [5, 5.41) is 5.40. The molecule has 12 heavy (non-hydrogen) atoms. The van der Waals surface area contributed by atoms with Gasteiger partial charge in [-0.1, -0.05) is 0 Å². The van der Waals surface area contributed by atoms with Gasteiger partial charge in [-0.3, -0.25) is 4.79 Å². The monoisotopic (exact) mass is 175 g/mol. The van der Waals surface area contributed by atoms with Crippen molar-refractivity contribution in [3.8, 4) is 0 Å². The molecule has 0 aromatic carbocycles. The number of nitrogens with one attached hydrogen (secondary N) is 1. The number of hydrogen-bond donors (Lipinski definition) is 1. The van der Waals surface area contributed by atoms with Gasteiger partial charge in [-0.05, 0) is 6.92 Å². The Labute approximate surface area is 71.2 Å². The predicted molar refractivity (Wildman–Crippen MR) is 41.5 cm³/mol. The Morgan fingerprint density at radius 1 is 1.67 bits per heavy atom. The van der Waals surface area contributed by atoms with Crippen molar-refractivity contribution in [2.75, 3.05) is 13.7 Å². The highest BCUT2D eigenvalue weighted by molar-refractivity contribution is 5.65. The topological polar surface area (TPSA) is 76.5 Å². The Morgan fingerprint density at radius 3 is 2.33 bits per heavy atom. The van der Waals surface area contributed by atoms with Crippen molar-refractivity contribution in [1.82, 2.24) is 0 Å².